The highest BCUT2D eigenvalue weighted by atomic mass is 16.5. The minimum Gasteiger partial charge on any atom is -0.451 e. The molecule has 0 fully saturated rings. The van der Waals surface area contributed by atoms with Crippen LogP contribution in [0.4, 0.5) is 0 Å². The third kappa shape index (κ3) is 5.46. The quantitative estimate of drug-likeness (QED) is 0.412. The van der Waals surface area contributed by atoms with E-state index < -0.39 is 18.5 Å². The van der Waals surface area contributed by atoms with Gasteiger partial charge in [0.05, 0.1) is 18.0 Å². The summed E-state index contributed by atoms with van der Waals surface area (Å²) in [7, 11) is 0. The van der Waals surface area contributed by atoms with Gasteiger partial charge in [-0.15, -0.1) is 0 Å². The van der Waals surface area contributed by atoms with E-state index in [1.807, 2.05) is 69.3 Å². The van der Waals surface area contributed by atoms with Gasteiger partial charge in [-0.3, -0.25) is 9.59 Å². The number of amides is 1. The highest BCUT2D eigenvalue weighted by molar-refractivity contribution is 6.02. The van der Waals surface area contributed by atoms with Gasteiger partial charge in [0.25, 0.3) is 11.5 Å². The van der Waals surface area contributed by atoms with E-state index in [0.717, 1.165) is 16.7 Å². The molecule has 0 spiro atoms. The summed E-state index contributed by atoms with van der Waals surface area (Å²) in [5, 5.41) is 7.89. The summed E-state index contributed by atoms with van der Waals surface area (Å²) in [4.78, 5) is 38.4. The van der Waals surface area contributed by atoms with Crippen molar-refractivity contribution in [2.75, 3.05) is 6.61 Å². The number of esters is 1. The van der Waals surface area contributed by atoms with Gasteiger partial charge in [-0.25, -0.2) is 9.48 Å². The number of nitrogens with zero attached hydrogens (tertiary/aromatic N) is 2. The Morgan fingerprint density at radius 2 is 1.63 bits per heavy atom. The Balaban J connectivity index is 1.51. The molecule has 7 heteroatoms. The minimum atomic E-state index is -0.767. The third-order valence-electron chi connectivity index (χ3n) is 5.98. The number of rotatable bonds is 7. The second-order valence-electron chi connectivity index (χ2n) is 8.55. The molecule has 35 heavy (non-hydrogen) atoms. The fourth-order valence-corrected chi connectivity index (χ4v) is 3.85. The molecule has 3 aromatic carbocycles. The Morgan fingerprint density at radius 3 is 2.34 bits per heavy atom. The number of nitrogens with one attached hydrogen (secondary N) is 1. The summed E-state index contributed by atoms with van der Waals surface area (Å²) in [6, 6.07) is 21.9. The first kappa shape index (κ1) is 23.9. The number of carbonyl (C=O) groups is 2. The molecule has 1 atom stereocenters. The number of carbonyl (C=O) groups excluding carboxylic acids is 2. The average Bonchev–Trinajstić information content (AvgIpc) is 2.86. The van der Waals surface area contributed by atoms with Crippen LogP contribution in [0.2, 0.25) is 0 Å². The predicted molar refractivity (Wildman–Crippen MR) is 134 cm³/mol. The van der Waals surface area contributed by atoms with Gasteiger partial charge in [0.2, 0.25) is 0 Å². The Morgan fingerprint density at radius 1 is 0.943 bits per heavy atom. The molecule has 1 aromatic heterocycles. The number of ether oxygens (including phenoxy) is 1. The van der Waals surface area contributed by atoms with Gasteiger partial charge in [-0.1, -0.05) is 66.7 Å². The molecule has 1 unspecified atom stereocenters. The van der Waals surface area contributed by atoms with Gasteiger partial charge in [0, 0.05) is 5.39 Å². The number of hydrogen-bond acceptors (Lipinski definition) is 5. The van der Waals surface area contributed by atoms with Crippen molar-refractivity contribution in [3.63, 3.8) is 0 Å². The largest absolute Gasteiger partial charge is 0.451 e. The van der Waals surface area contributed by atoms with E-state index in [1.165, 1.54) is 10.2 Å². The van der Waals surface area contributed by atoms with Crippen molar-refractivity contribution in [2.24, 2.45) is 0 Å². The van der Waals surface area contributed by atoms with Crippen LogP contribution in [0.5, 0.6) is 0 Å². The van der Waals surface area contributed by atoms with Gasteiger partial charge in [0.15, 0.2) is 12.3 Å². The third-order valence-corrected chi connectivity index (χ3v) is 5.98. The van der Waals surface area contributed by atoms with Crippen molar-refractivity contribution in [1.29, 1.82) is 0 Å². The standard InChI is InChI=1S/C28H27N3O4/c1-18-13-14-22(15-19(18)2)20(3)29-25(32)17-35-28(34)26-23-11-7-8-12-24(23)27(33)31(30-26)16-21-9-5-4-6-10-21/h4-15,20H,16-17H2,1-3H3,(H,29,32). The monoisotopic (exact) mass is 469 g/mol. The normalized spacial score (nSPS) is 11.7. The Bertz CT molecular complexity index is 1440. The first-order valence-corrected chi connectivity index (χ1v) is 11.4. The van der Waals surface area contributed by atoms with Crippen LogP contribution in [0.3, 0.4) is 0 Å². The van der Waals surface area contributed by atoms with Gasteiger partial charge < -0.3 is 10.1 Å². The molecule has 1 heterocycles. The summed E-state index contributed by atoms with van der Waals surface area (Å²) in [6.45, 7) is 5.67. The zero-order valence-electron chi connectivity index (χ0n) is 19.9. The van der Waals surface area contributed by atoms with Crippen molar-refractivity contribution >= 4 is 22.6 Å². The van der Waals surface area contributed by atoms with Crippen LogP contribution in [0.15, 0.2) is 77.6 Å². The van der Waals surface area contributed by atoms with Crippen LogP contribution in [0.1, 0.15) is 45.7 Å². The van der Waals surface area contributed by atoms with Crippen molar-refractivity contribution < 1.29 is 14.3 Å². The van der Waals surface area contributed by atoms with E-state index in [9.17, 15) is 14.4 Å². The molecule has 1 N–H and O–H groups in total. The molecule has 0 aliphatic carbocycles. The molecule has 4 rings (SSSR count). The predicted octanol–water partition coefficient (Wildman–Crippen LogP) is 4.10. The van der Waals surface area contributed by atoms with Gasteiger partial charge in [-0.2, -0.15) is 5.10 Å². The number of benzene rings is 3. The summed E-state index contributed by atoms with van der Waals surface area (Å²) >= 11 is 0. The molecule has 0 aliphatic rings. The van der Waals surface area contributed by atoms with Crippen molar-refractivity contribution in [3.8, 4) is 0 Å². The highest BCUT2D eigenvalue weighted by Gasteiger charge is 2.20. The second-order valence-corrected chi connectivity index (χ2v) is 8.55. The lowest BCUT2D eigenvalue weighted by molar-refractivity contribution is -0.124. The number of fused-ring (bicyclic) bond motifs is 1. The molecule has 0 saturated heterocycles. The molecule has 4 aromatic rings. The zero-order valence-corrected chi connectivity index (χ0v) is 19.9. The topological polar surface area (TPSA) is 90.3 Å². The van der Waals surface area contributed by atoms with Crippen LogP contribution >= 0.6 is 0 Å². The zero-order chi connectivity index (χ0) is 24.9. The van der Waals surface area contributed by atoms with Gasteiger partial charge in [0.1, 0.15) is 0 Å². The van der Waals surface area contributed by atoms with Gasteiger partial charge >= 0.3 is 5.97 Å². The molecule has 1 amide bonds. The van der Waals surface area contributed by atoms with Gasteiger partial charge in [-0.05, 0) is 49.1 Å². The molecule has 0 radical (unpaired) electrons. The maximum atomic E-state index is 13.0. The van der Waals surface area contributed by atoms with Crippen LogP contribution in [-0.2, 0) is 16.1 Å². The second kappa shape index (κ2) is 10.3. The first-order chi connectivity index (χ1) is 16.8. The molecule has 7 nitrogen and oxygen atoms in total. The maximum absolute atomic E-state index is 13.0. The van der Waals surface area contributed by atoms with Crippen LogP contribution < -0.4 is 10.9 Å². The fourth-order valence-electron chi connectivity index (χ4n) is 3.85. The number of aromatic nitrogens is 2. The Hall–Kier alpha value is -4.26. The van der Waals surface area contributed by atoms with E-state index in [0.29, 0.717) is 10.8 Å². The van der Waals surface area contributed by atoms with E-state index in [1.54, 1.807) is 24.3 Å². The van der Waals surface area contributed by atoms with Crippen LogP contribution in [0, 0.1) is 13.8 Å². The molecule has 0 saturated carbocycles. The Labute approximate surface area is 203 Å². The maximum Gasteiger partial charge on any atom is 0.359 e. The summed E-state index contributed by atoms with van der Waals surface area (Å²) in [5.74, 6) is -1.19. The molecule has 0 bridgehead atoms. The lowest BCUT2D eigenvalue weighted by Gasteiger charge is -2.16. The van der Waals surface area contributed by atoms with Crippen LogP contribution in [-0.4, -0.2) is 28.3 Å². The smallest absolute Gasteiger partial charge is 0.359 e. The number of aryl methyl sites for hydroxylation is 2. The summed E-state index contributed by atoms with van der Waals surface area (Å²) in [6.07, 6.45) is 0. The lowest BCUT2D eigenvalue weighted by Crippen LogP contribution is -2.32. The van der Waals surface area contributed by atoms with E-state index in [2.05, 4.69) is 10.4 Å². The van der Waals surface area contributed by atoms with Crippen molar-refractivity contribution in [2.45, 2.75) is 33.4 Å². The van der Waals surface area contributed by atoms with E-state index in [-0.39, 0.29) is 23.8 Å². The fraction of sp³-hybridized carbons (Fsp3) is 0.214. The molecule has 0 aliphatic heterocycles. The molecular formula is C28H27N3O4. The molecule has 178 valence electrons. The SMILES string of the molecule is Cc1ccc(C(C)NC(=O)COC(=O)c2nn(Cc3ccccc3)c(=O)c3ccccc23)cc1C. The Kier molecular flexibility index (Phi) is 7.06. The summed E-state index contributed by atoms with van der Waals surface area (Å²) < 4.78 is 6.54. The van der Waals surface area contributed by atoms with E-state index in [4.69, 9.17) is 4.74 Å². The highest BCUT2D eigenvalue weighted by Crippen LogP contribution is 2.17. The van der Waals surface area contributed by atoms with E-state index >= 15 is 0 Å². The van der Waals surface area contributed by atoms with Crippen molar-refractivity contribution in [3.05, 3.63) is 111 Å². The van der Waals surface area contributed by atoms with Crippen molar-refractivity contribution in [1.82, 2.24) is 15.1 Å². The number of hydrogen-bond donors (Lipinski definition) is 1. The minimum absolute atomic E-state index is 0.00820. The first-order valence-electron chi connectivity index (χ1n) is 11.4. The lowest BCUT2D eigenvalue weighted by atomic mass is 10.0. The molecular weight excluding hydrogens is 442 g/mol. The van der Waals surface area contributed by atoms with Crippen LogP contribution in [0.25, 0.3) is 10.8 Å². The summed E-state index contributed by atoms with van der Waals surface area (Å²) in [5.41, 5.74) is 3.84. The average molecular weight is 470 g/mol.